The molecule has 0 unspecified atom stereocenters. The largest absolute Gasteiger partial charge is 0.343 e. The van der Waals surface area contributed by atoms with Gasteiger partial charge in [0.05, 0.1) is 16.5 Å². The Hall–Kier alpha value is -3.22. The Bertz CT molecular complexity index is 1000. The van der Waals surface area contributed by atoms with Crippen LogP contribution in [-0.4, -0.2) is 56.1 Å². The lowest BCUT2D eigenvalue weighted by atomic mass is 10.2. The van der Waals surface area contributed by atoms with Crippen LogP contribution >= 0.6 is 0 Å². The summed E-state index contributed by atoms with van der Waals surface area (Å²) in [5.74, 6) is -0.381. The molecule has 2 aromatic rings. The molecule has 0 saturated carbocycles. The van der Waals surface area contributed by atoms with Gasteiger partial charge in [-0.1, -0.05) is 0 Å². The monoisotopic (exact) mass is 398 g/mol. The van der Waals surface area contributed by atoms with E-state index >= 15 is 0 Å². The second-order valence-corrected chi connectivity index (χ2v) is 8.15. The molecule has 1 aliphatic rings. The number of nitrogens with one attached hydrogen (secondary N) is 1. The van der Waals surface area contributed by atoms with Crippen LogP contribution in [0.3, 0.4) is 0 Å². The fraction of sp³-hybridized carbons (Fsp3) is 0.211. The highest BCUT2D eigenvalue weighted by Crippen LogP contribution is 2.19. The number of carbonyl (C=O) groups excluding carboxylic acids is 2. The molecular weight excluding hydrogens is 380 g/mol. The number of sulfonamides is 1. The molecule has 9 heteroatoms. The second kappa shape index (κ2) is 8.21. The van der Waals surface area contributed by atoms with Crippen LogP contribution in [0.2, 0.25) is 0 Å². The van der Waals surface area contributed by atoms with Gasteiger partial charge in [0.25, 0.3) is 5.91 Å². The standard InChI is InChI=1S/C19H18N4O4S/c20-13-15-1-5-17(6-2-15)21-19(25)16-3-7-18(8-4-16)28(26,27)23-11-9-22(14-24)10-12-23/h1-8,14H,9-12H2,(H,21,25). The molecule has 28 heavy (non-hydrogen) atoms. The molecule has 1 fully saturated rings. The van der Waals surface area contributed by atoms with Crippen LogP contribution < -0.4 is 5.32 Å². The number of carbonyl (C=O) groups is 2. The van der Waals surface area contributed by atoms with E-state index < -0.39 is 10.0 Å². The predicted octanol–water partition coefficient (Wildman–Crippen LogP) is 1.27. The van der Waals surface area contributed by atoms with E-state index in [0.29, 0.717) is 36.3 Å². The van der Waals surface area contributed by atoms with Crippen LogP contribution in [0.4, 0.5) is 5.69 Å². The number of anilines is 1. The third-order valence-electron chi connectivity index (χ3n) is 4.45. The molecule has 3 rings (SSSR count). The lowest BCUT2D eigenvalue weighted by Gasteiger charge is -2.31. The first kappa shape index (κ1) is 19.5. The van der Waals surface area contributed by atoms with Gasteiger partial charge in [-0.3, -0.25) is 9.59 Å². The first-order valence-electron chi connectivity index (χ1n) is 8.55. The summed E-state index contributed by atoms with van der Waals surface area (Å²) in [6.45, 7) is 1.19. The molecular formula is C19H18N4O4S. The fourth-order valence-corrected chi connectivity index (χ4v) is 4.23. The molecule has 1 N–H and O–H groups in total. The zero-order valence-corrected chi connectivity index (χ0v) is 15.7. The van der Waals surface area contributed by atoms with Crippen molar-refractivity contribution in [3.63, 3.8) is 0 Å². The smallest absolute Gasteiger partial charge is 0.255 e. The number of amides is 2. The van der Waals surface area contributed by atoms with Gasteiger partial charge in [-0.15, -0.1) is 0 Å². The van der Waals surface area contributed by atoms with Crippen LogP contribution in [0.15, 0.2) is 53.4 Å². The first-order valence-corrected chi connectivity index (χ1v) is 9.99. The average molecular weight is 398 g/mol. The molecule has 2 amide bonds. The van der Waals surface area contributed by atoms with Crippen LogP contribution in [0, 0.1) is 11.3 Å². The third kappa shape index (κ3) is 4.19. The number of nitriles is 1. The maximum atomic E-state index is 12.7. The zero-order chi connectivity index (χ0) is 20.1. The fourth-order valence-electron chi connectivity index (χ4n) is 2.81. The van der Waals surface area contributed by atoms with Gasteiger partial charge in [0, 0.05) is 37.4 Å². The summed E-state index contributed by atoms with van der Waals surface area (Å²) in [4.78, 5) is 24.7. The van der Waals surface area contributed by atoms with Gasteiger partial charge < -0.3 is 10.2 Å². The molecule has 0 aliphatic carbocycles. The quantitative estimate of drug-likeness (QED) is 0.763. The van der Waals surface area contributed by atoms with Gasteiger partial charge in [-0.05, 0) is 48.5 Å². The minimum atomic E-state index is -3.67. The van der Waals surface area contributed by atoms with Gasteiger partial charge in [0.1, 0.15) is 0 Å². The first-order chi connectivity index (χ1) is 13.4. The molecule has 2 aromatic carbocycles. The SMILES string of the molecule is N#Cc1ccc(NC(=O)c2ccc(S(=O)(=O)N3CCN(C=O)CC3)cc2)cc1. The molecule has 144 valence electrons. The minimum absolute atomic E-state index is 0.0991. The molecule has 0 bridgehead atoms. The summed E-state index contributed by atoms with van der Waals surface area (Å²) in [6, 6.07) is 14.1. The molecule has 0 radical (unpaired) electrons. The van der Waals surface area contributed by atoms with E-state index in [4.69, 9.17) is 5.26 Å². The van der Waals surface area contributed by atoms with Crippen molar-refractivity contribution in [1.29, 1.82) is 5.26 Å². The van der Waals surface area contributed by atoms with E-state index in [1.807, 2.05) is 6.07 Å². The summed E-state index contributed by atoms with van der Waals surface area (Å²) < 4.78 is 26.7. The number of nitrogens with zero attached hydrogens (tertiary/aromatic N) is 3. The van der Waals surface area contributed by atoms with Gasteiger partial charge in [0.15, 0.2) is 0 Å². The summed E-state index contributed by atoms with van der Waals surface area (Å²) in [7, 11) is -3.67. The molecule has 1 saturated heterocycles. The number of piperazine rings is 1. The van der Waals surface area contributed by atoms with Gasteiger partial charge >= 0.3 is 0 Å². The van der Waals surface area contributed by atoms with Crippen LogP contribution in [0.5, 0.6) is 0 Å². The Kier molecular flexibility index (Phi) is 5.73. The highest BCUT2D eigenvalue weighted by atomic mass is 32.2. The van der Waals surface area contributed by atoms with Gasteiger partial charge in [0.2, 0.25) is 16.4 Å². The van der Waals surface area contributed by atoms with E-state index in [1.165, 1.54) is 33.5 Å². The second-order valence-electron chi connectivity index (χ2n) is 6.21. The maximum absolute atomic E-state index is 12.7. The van der Waals surface area contributed by atoms with Gasteiger partial charge in [-0.2, -0.15) is 9.57 Å². The van der Waals surface area contributed by atoms with E-state index in [9.17, 15) is 18.0 Å². The van der Waals surface area contributed by atoms with Gasteiger partial charge in [-0.25, -0.2) is 8.42 Å². The van der Waals surface area contributed by atoms with Crippen LogP contribution in [0.1, 0.15) is 15.9 Å². The van der Waals surface area contributed by atoms with Crippen molar-refractivity contribution in [3.8, 4) is 6.07 Å². The number of benzene rings is 2. The number of rotatable bonds is 5. The predicted molar refractivity (Wildman–Crippen MR) is 102 cm³/mol. The minimum Gasteiger partial charge on any atom is -0.343 e. The number of hydrogen-bond acceptors (Lipinski definition) is 5. The Balaban J connectivity index is 1.69. The Labute approximate surface area is 163 Å². The Morgan fingerprint density at radius 2 is 1.61 bits per heavy atom. The van der Waals surface area contributed by atoms with Crippen molar-refractivity contribution in [1.82, 2.24) is 9.21 Å². The van der Waals surface area contributed by atoms with E-state index in [1.54, 1.807) is 24.3 Å². The van der Waals surface area contributed by atoms with Crippen LogP contribution in [0.25, 0.3) is 0 Å². The molecule has 0 aromatic heterocycles. The van der Waals surface area contributed by atoms with Crippen molar-refractivity contribution in [3.05, 3.63) is 59.7 Å². The van der Waals surface area contributed by atoms with Crippen molar-refractivity contribution in [2.24, 2.45) is 0 Å². The highest BCUT2D eigenvalue weighted by molar-refractivity contribution is 7.89. The van der Waals surface area contributed by atoms with E-state index in [0.717, 1.165) is 0 Å². The molecule has 1 aliphatic heterocycles. The molecule has 1 heterocycles. The Morgan fingerprint density at radius 1 is 1.00 bits per heavy atom. The summed E-state index contributed by atoms with van der Waals surface area (Å²) in [5.41, 5.74) is 1.34. The average Bonchev–Trinajstić information content (AvgIpc) is 2.74. The summed E-state index contributed by atoms with van der Waals surface area (Å²) >= 11 is 0. The van der Waals surface area contributed by atoms with Crippen LogP contribution in [-0.2, 0) is 14.8 Å². The van der Waals surface area contributed by atoms with Crippen molar-refractivity contribution in [2.75, 3.05) is 31.5 Å². The van der Waals surface area contributed by atoms with E-state index in [2.05, 4.69) is 5.32 Å². The molecule has 0 atom stereocenters. The normalized spacial score (nSPS) is 14.9. The zero-order valence-electron chi connectivity index (χ0n) is 14.9. The van der Waals surface area contributed by atoms with Crippen molar-refractivity contribution >= 4 is 28.0 Å². The van der Waals surface area contributed by atoms with Crippen molar-refractivity contribution < 1.29 is 18.0 Å². The lowest BCUT2D eigenvalue weighted by Crippen LogP contribution is -2.47. The number of hydrogen-bond donors (Lipinski definition) is 1. The summed E-state index contributed by atoms with van der Waals surface area (Å²) in [6.07, 6.45) is 0.714. The topological polar surface area (TPSA) is 111 Å². The van der Waals surface area contributed by atoms with Crippen molar-refractivity contribution in [2.45, 2.75) is 4.90 Å². The molecule has 8 nitrogen and oxygen atoms in total. The van der Waals surface area contributed by atoms with E-state index in [-0.39, 0.29) is 23.9 Å². The molecule has 0 spiro atoms. The summed E-state index contributed by atoms with van der Waals surface area (Å²) in [5, 5.41) is 11.5. The highest BCUT2D eigenvalue weighted by Gasteiger charge is 2.28. The Morgan fingerprint density at radius 3 is 2.14 bits per heavy atom. The third-order valence-corrected chi connectivity index (χ3v) is 6.36. The lowest BCUT2D eigenvalue weighted by molar-refractivity contribution is -0.119. The maximum Gasteiger partial charge on any atom is 0.255 e.